The molecule has 106 valence electrons. The molecule has 0 spiro atoms. The van der Waals surface area contributed by atoms with Gasteiger partial charge < -0.3 is 10.0 Å². The van der Waals surface area contributed by atoms with E-state index in [4.69, 9.17) is 5.11 Å². The lowest BCUT2D eigenvalue weighted by Gasteiger charge is -2.28. The van der Waals surface area contributed by atoms with Crippen molar-refractivity contribution in [2.75, 3.05) is 11.9 Å². The van der Waals surface area contributed by atoms with Gasteiger partial charge in [-0.25, -0.2) is 13.6 Å². The molecule has 0 heterocycles. The van der Waals surface area contributed by atoms with Gasteiger partial charge in [-0.05, 0) is 19.1 Å². The number of halogens is 5. The summed E-state index contributed by atoms with van der Waals surface area (Å²) < 4.78 is 64.1. The minimum Gasteiger partial charge on any atom is -0.477 e. The zero-order chi connectivity index (χ0) is 15.0. The van der Waals surface area contributed by atoms with Crippen molar-refractivity contribution in [1.82, 2.24) is 0 Å². The maximum absolute atomic E-state index is 13.4. The molecule has 0 saturated carbocycles. The largest absolute Gasteiger partial charge is 0.477 e. The fourth-order valence-corrected chi connectivity index (χ4v) is 1.41. The normalized spacial score (nSPS) is 13.2. The summed E-state index contributed by atoms with van der Waals surface area (Å²) in [5.74, 6) is -4.68. The second-order valence-electron chi connectivity index (χ2n) is 3.92. The minimum atomic E-state index is -4.58. The van der Waals surface area contributed by atoms with Gasteiger partial charge in [-0.2, -0.15) is 13.2 Å². The average molecular weight is 283 g/mol. The van der Waals surface area contributed by atoms with Crippen molar-refractivity contribution < 1.29 is 31.9 Å². The maximum atomic E-state index is 13.4. The van der Waals surface area contributed by atoms with E-state index in [1.54, 1.807) is 0 Å². The molecule has 1 aromatic rings. The van der Waals surface area contributed by atoms with E-state index in [2.05, 4.69) is 0 Å². The Balaban J connectivity index is 3.21. The summed E-state index contributed by atoms with van der Waals surface area (Å²) in [6.07, 6.45) is -4.58. The van der Waals surface area contributed by atoms with E-state index in [-0.39, 0.29) is 0 Å². The van der Waals surface area contributed by atoms with Crippen molar-refractivity contribution in [3.63, 3.8) is 0 Å². The van der Waals surface area contributed by atoms with Crippen LogP contribution in [0.15, 0.2) is 12.1 Å². The molecule has 0 unspecified atom stereocenters. The molecule has 0 amide bonds. The molecule has 0 saturated heterocycles. The predicted octanol–water partition coefficient (Wildman–Crippen LogP) is 3.05. The minimum absolute atomic E-state index is 0.398. The Hall–Kier alpha value is -1.86. The first-order valence-corrected chi connectivity index (χ1v) is 5.07. The monoisotopic (exact) mass is 283 g/mol. The number of benzene rings is 1. The standard InChI is InChI=1S/C11H10F5NO2/c1-5(11(14,15)16)17(2)6-3-7(12)9(10(18)19)8(13)4-6/h3-5H,1-2H3,(H,18,19)/t5-/m1/s1. The zero-order valence-electron chi connectivity index (χ0n) is 9.92. The van der Waals surface area contributed by atoms with Crippen LogP contribution in [0.3, 0.4) is 0 Å². The Bertz CT molecular complexity index is 477. The highest BCUT2D eigenvalue weighted by atomic mass is 19.4. The second kappa shape index (κ2) is 5.02. The van der Waals surface area contributed by atoms with E-state index in [0.29, 0.717) is 17.0 Å². The Morgan fingerprint density at radius 1 is 1.26 bits per heavy atom. The quantitative estimate of drug-likeness (QED) is 0.867. The van der Waals surface area contributed by atoms with Gasteiger partial charge in [-0.15, -0.1) is 0 Å². The number of nitrogens with zero attached hydrogens (tertiary/aromatic N) is 1. The van der Waals surface area contributed by atoms with E-state index in [0.717, 1.165) is 14.0 Å². The highest BCUT2D eigenvalue weighted by Gasteiger charge is 2.39. The molecule has 1 rings (SSSR count). The van der Waals surface area contributed by atoms with E-state index in [9.17, 15) is 26.7 Å². The molecule has 3 nitrogen and oxygen atoms in total. The fourth-order valence-electron chi connectivity index (χ4n) is 1.41. The molecule has 1 aromatic carbocycles. The third-order valence-corrected chi connectivity index (χ3v) is 2.70. The number of hydrogen-bond donors (Lipinski definition) is 1. The lowest BCUT2D eigenvalue weighted by Crippen LogP contribution is -2.41. The molecule has 0 aliphatic carbocycles. The van der Waals surface area contributed by atoms with E-state index in [1.807, 2.05) is 0 Å². The molecule has 8 heteroatoms. The third kappa shape index (κ3) is 3.12. The Kier molecular flexibility index (Phi) is 4.02. The van der Waals surface area contributed by atoms with Gasteiger partial charge in [-0.1, -0.05) is 0 Å². The van der Waals surface area contributed by atoms with Crippen molar-refractivity contribution in [2.45, 2.75) is 19.1 Å². The van der Waals surface area contributed by atoms with Crippen molar-refractivity contribution in [1.29, 1.82) is 0 Å². The Morgan fingerprint density at radius 3 is 2.00 bits per heavy atom. The van der Waals surface area contributed by atoms with Crippen LogP contribution in [0.1, 0.15) is 17.3 Å². The summed E-state index contributed by atoms with van der Waals surface area (Å²) in [5, 5.41) is 8.54. The number of aromatic carboxylic acids is 1. The smallest absolute Gasteiger partial charge is 0.408 e. The maximum Gasteiger partial charge on any atom is 0.408 e. The second-order valence-corrected chi connectivity index (χ2v) is 3.92. The molecular weight excluding hydrogens is 273 g/mol. The van der Waals surface area contributed by atoms with Crippen molar-refractivity contribution >= 4 is 11.7 Å². The van der Waals surface area contributed by atoms with Crippen LogP contribution in [0.2, 0.25) is 0 Å². The molecule has 19 heavy (non-hydrogen) atoms. The molecule has 0 aromatic heterocycles. The molecular formula is C11H10F5NO2. The molecule has 0 bridgehead atoms. The number of carboxylic acids is 1. The Labute approximate surface area is 105 Å². The van der Waals surface area contributed by atoms with Gasteiger partial charge in [0.2, 0.25) is 0 Å². The van der Waals surface area contributed by atoms with Gasteiger partial charge >= 0.3 is 12.1 Å². The van der Waals surface area contributed by atoms with Crippen LogP contribution < -0.4 is 4.90 Å². The lowest BCUT2D eigenvalue weighted by molar-refractivity contribution is -0.143. The number of anilines is 1. The van der Waals surface area contributed by atoms with Crippen LogP contribution in [0.4, 0.5) is 27.6 Å². The van der Waals surface area contributed by atoms with E-state index in [1.165, 1.54) is 0 Å². The van der Waals surface area contributed by atoms with Gasteiger partial charge in [0.05, 0.1) is 0 Å². The van der Waals surface area contributed by atoms with Gasteiger partial charge in [0.15, 0.2) is 0 Å². The van der Waals surface area contributed by atoms with Crippen LogP contribution in [0.25, 0.3) is 0 Å². The van der Waals surface area contributed by atoms with Crippen LogP contribution in [0.5, 0.6) is 0 Å². The molecule has 0 aliphatic heterocycles. The number of alkyl halides is 3. The van der Waals surface area contributed by atoms with E-state index >= 15 is 0 Å². The predicted molar refractivity (Wildman–Crippen MR) is 57.2 cm³/mol. The number of carbonyl (C=O) groups is 1. The molecule has 0 radical (unpaired) electrons. The van der Waals surface area contributed by atoms with Crippen molar-refractivity contribution in [2.24, 2.45) is 0 Å². The van der Waals surface area contributed by atoms with Gasteiger partial charge in [-0.3, -0.25) is 0 Å². The first-order chi connectivity index (χ1) is 8.55. The van der Waals surface area contributed by atoms with Gasteiger partial charge in [0, 0.05) is 12.7 Å². The average Bonchev–Trinajstić information content (AvgIpc) is 2.24. The summed E-state index contributed by atoms with van der Waals surface area (Å²) in [6.45, 7) is 0.820. The van der Waals surface area contributed by atoms with Gasteiger partial charge in [0.1, 0.15) is 23.2 Å². The summed E-state index contributed by atoms with van der Waals surface area (Å²) in [6, 6.07) is -0.870. The van der Waals surface area contributed by atoms with Crippen molar-refractivity contribution in [3.05, 3.63) is 29.3 Å². The Morgan fingerprint density at radius 2 is 1.68 bits per heavy atom. The number of rotatable bonds is 3. The summed E-state index contributed by atoms with van der Waals surface area (Å²) in [4.78, 5) is 11.2. The van der Waals surface area contributed by atoms with Crippen LogP contribution in [0, 0.1) is 11.6 Å². The highest BCUT2D eigenvalue weighted by Crippen LogP contribution is 2.29. The molecule has 1 atom stereocenters. The summed E-state index contributed by atoms with van der Waals surface area (Å²) in [5.41, 5.74) is -1.60. The first-order valence-electron chi connectivity index (χ1n) is 5.07. The first kappa shape index (κ1) is 15.2. The fraction of sp³-hybridized carbons (Fsp3) is 0.364. The molecule has 1 N–H and O–H groups in total. The lowest BCUT2D eigenvalue weighted by atomic mass is 10.1. The highest BCUT2D eigenvalue weighted by molar-refractivity contribution is 5.88. The topological polar surface area (TPSA) is 40.5 Å². The summed E-state index contributed by atoms with van der Waals surface area (Å²) >= 11 is 0. The number of hydrogen-bond acceptors (Lipinski definition) is 2. The third-order valence-electron chi connectivity index (χ3n) is 2.70. The molecule has 0 aliphatic rings. The van der Waals surface area contributed by atoms with E-state index < -0.39 is 41.1 Å². The van der Waals surface area contributed by atoms with Crippen LogP contribution in [-0.4, -0.2) is 30.3 Å². The van der Waals surface area contributed by atoms with Crippen LogP contribution >= 0.6 is 0 Å². The van der Waals surface area contributed by atoms with Gasteiger partial charge in [0.25, 0.3) is 0 Å². The number of carboxylic acid groups (broad SMARTS) is 1. The van der Waals surface area contributed by atoms with Crippen LogP contribution in [-0.2, 0) is 0 Å². The molecule has 0 fully saturated rings. The SMILES string of the molecule is C[C@@H](N(C)c1cc(F)c(C(=O)O)c(F)c1)C(F)(F)F. The van der Waals surface area contributed by atoms with Crippen molar-refractivity contribution in [3.8, 4) is 0 Å². The summed E-state index contributed by atoms with van der Waals surface area (Å²) in [7, 11) is 1.01. The zero-order valence-corrected chi connectivity index (χ0v) is 9.92.